The van der Waals surface area contributed by atoms with E-state index in [2.05, 4.69) is 0 Å². The van der Waals surface area contributed by atoms with E-state index in [4.69, 9.17) is 11.6 Å². The first-order valence-electron chi connectivity index (χ1n) is 3.57. The third-order valence-corrected chi connectivity index (χ3v) is 2.60. The van der Waals surface area contributed by atoms with Crippen LogP contribution in [-0.2, 0) is 13.5 Å². The molecule has 1 aromatic heterocycles. The van der Waals surface area contributed by atoms with Crippen LogP contribution in [0, 0.1) is 0 Å². The molecule has 0 bridgehead atoms. The molecule has 3 heteroatoms. The van der Waals surface area contributed by atoms with E-state index in [9.17, 15) is 4.79 Å². The molecule has 0 saturated heterocycles. The molecular weight excluding hydrogens is 162 g/mol. The van der Waals surface area contributed by atoms with Gasteiger partial charge in [-0.3, -0.25) is 4.79 Å². The van der Waals surface area contributed by atoms with Crippen LogP contribution in [0.3, 0.4) is 0 Å². The maximum Gasteiger partial charge on any atom is 0.165 e. The van der Waals surface area contributed by atoms with Crippen molar-refractivity contribution in [2.75, 3.05) is 0 Å². The maximum atomic E-state index is 11.2. The van der Waals surface area contributed by atoms with Crippen molar-refractivity contribution >= 4 is 17.4 Å². The van der Waals surface area contributed by atoms with E-state index in [1.807, 2.05) is 13.2 Å². The Hall–Kier alpha value is -0.760. The van der Waals surface area contributed by atoms with E-state index < -0.39 is 0 Å². The van der Waals surface area contributed by atoms with Crippen LogP contribution in [0.2, 0.25) is 5.15 Å². The van der Waals surface area contributed by atoms with E-state index in [0.29, 0.717) is 11.6 Å². The number of carbonyl (C=O) groups excluding carboxylic acids is 1. The minimum absolute atomic E-state index is 0.225. The van der Waals surface area contributed by atoms with Gasteiger partial charge in [-0.2, -0.15) is 0 Å². The first-order valence-corrected chi connectivity index (χ1v) is 3.95. The second-order valence-electron chi connectivity index (χ2n) is 2.85. The van der Waals surface area contributed by atoms with Crippen molar-refractivity contribution in [3.63, 3.8) is 0 Å². The SMILES string of the molecule is Cn1cc2c(c1Cl)CCC2=O. The summed E-state index contributed by atoms with van der Waals surface area (Å²) in [5.74, 6) is 0.225. The van der Waals surface area contributed by atoms with Gasteiger partial charge in [0.2, 0.25) is 0 Å². The molecule has 0 radical (unpaired) electrons. The summed E-state index contributed by atoms with van der Waals surface area (Å²) in [6, 6.07) is 0. The molecule has 0 fully saturated rings. The van der Waals surface area contributed by atoms with Gasteiger partial charge in [-0.25, -0.2) is 0 Å². The molecule has 2 nitrogen and oxygen atoms in total. The average Bonchev–Trinajstić information content (AvgIpc) is 2.43. The van der Waals surface area contributed by atoms with E-state index in [0.717, 1.165) is 17.5 Å². The number of ketones is 1. The second-order valence-corrected chi connectivity index (χ2v) is 3.20. The van der Waals surface area contributed by atoms with Crippen molar-refractivity contribution in [1.82, 2.24) is 4.57 Å². The molecule has 1 aliphatic carbocycles. The molecule has 0 N–H and O–H groups in total. The average molecular weight is 170 g/mol. The summed E-state index contributed by atoms with van der Waals surface area (Å²) >= 11 is 5.93. The van der Waals surface area contributed by atoms with E-state index in [1.165, 1.54) is 0 Å². The van der Waals surface area contributed by atoms with Crippen molar-refractivity contribution in [3.8, 4) is 0 Å². The zero-order valence-corrected chi connectivity index (χ0v) is 6.98. The summed E-state index contributed by atoms with van der Waals surface area (Å²) in [4.78, 5) is 11.2. The highest BCUT2D eigenvalue weighted by atomic mass is 35.5. The van der Waals surface area contributed by atoms with Gasteiger partial charge in [-0.1, -0.05) is 11.6 Å². The van der Waals surface area contributed by atoms with E-state index >= 15 is 0 Å². The van der Waals surface area contributed by atoms with Gasteiger partial charge in [0.05, 0.1) is 0 Å². The minimum atomic E-state index is 0.225. The zero-order valence-electron chi connectivity index (χ0n) is 6.22. The molecule has 0 saturated carbocycles. The topological polar surface area (TPSA) is 22.0 Å². The fraction of sp³-hybridized carbons (Fsp3) is 0.375. The third-order valence-electron chi connectivity index (χ3n) is 2.11. The molecule has 58 valence electrons. The Morgan fingerprint density at radius 2 is 2.27 bits per heavy atom. The number of rotatable bonds is 0. The van der Waals surface area contributed by atoms with Gasteiger partial charge in [0, 0.05) is 30.8 Å². The van der Waals surface area contributed by atoms with Crippen LogP contribution in [0.5, 0.6) is 0 Å². The molecule has 0 amide bonds. The third kappa shape index (κ3) is 0.824. The zero-order chi connectivity index (χ0) is 8.01. The highest BCUT2D eigenvalue weighted by molar-refractivity contribution is 6.31. The van der Waals surface area contributed by atoms with Crippen molar-refractivity contribution in [2.24, 2.45) is 7.05 Å². The summed E-state index contributed by atoms with van der Waals surface area (Å²) < 4.78 is 1.79. The number of carbonyl (C=O) groups is 1. The van der Waals surface area contributed by atoms with E-state index in [-0.39, 0.29) is 5.78 Å². The predicted octanol–water partition coefficient (Wildman–Crippen LogP) is 1.81. The van der Waals surface area contributed by atoms with E-state index in [1.54, 1.807) is 4.57 Å². The summed E-state index contributed by atoms with van der Waals surface area (Å²) in [5, 5.41) is 0.714. The lowest BCUT2D eigenvalue weighted by Crippen LogP contribution is -1.91. The predicted molar refractivity (Wildman–Crippen MR) is 43.1 cm³/mol. The Kier molecular flexibility index (Phi) is 1.33. The van der Waals surface area contributed by atoms with Gasteiger partial charge in [-0.05, 0) is 6.42 Å². The first kappa shape index (κ1) is 6.92. The lowest BCUT2D eigenvalue weighted by molar-refractivity contribution is 0.0994. The van der Waals surface area contributed by atoms with Crippen LogP contribution in [0.4, 0.5) is 0 Å². The first-order chi connectivity index (χ1) is 5.20. The molecule has 1 aliphatic rings. The van der Waals surface area contributed by atoms with Gasteiger partial charge < -0.3 is 4.57 Å². The Morgan fingerprint density at radius 3 is 2.91 bits per heavy atom. The second kappa shape index (κ2) is 2.11. The fourth-order valence-corrected chi connectivity index (χ4v) is 1.75. The lowest BCUT2D eigenvalue weighted by atomic mass is 10.2. The number of halogens is 1. The summed E-state index contributed by atoms with van der Waals surface area (Å²) in [5.41, 5.74) is 1.84. The van der Waals surface area contributed by atoms with Crippen molar-refractivity contribution in [3.05, 3.63) is 22.5 Å². The number of Topliss-reactive ketones (excluding diaryl/α,β-unsaturated/α-hetero) is 1. The lowest BCUT2D eigenvalue weighted by Gasteiger charge is -1.93. The largest absolute Gasteiger partial charge is 0.341 e. The fourth-order valence-electron chi connectivity index (χ4n) is 1.50. The van der Waals surface area contributed by atoms with Crippen molar-refractivity contribution in [1.29, 1.82) is 0 Å². The van der Waals surface area contributed by atoms with Crippen molar-refractivity contribution < 1.29 is 4.79 Å². The normalized spacial score (nSPS) is 15.6. The molecule has 0 atom stereocenters. The number of aromatic nitrogens is 1. The number of hydrogen-bond donors (Lipinski definition) is 0. The molecule has 0 aliphatic heterocycles. The van der Waals surface area contributed by atoms with Gasteiger partial charge in [0.1, 0.15) is 5.15 Å². The summed E-state index contributed by atoms with van der Waals surface area (Å²) in [6.45, 7) is 0. The summed E-state index contributed by atoms with van der Waals surface area (Å²) in [7, 11) is 1.86. The number of aryl methyl sites for hydroxylation is 1. The molecular formula is C8H8ClNO. The van der Waals surface area contributed by atoms with Crippen LogP contribution >= 0.6 is 11.6 Å². The van der Waals surface area contributed by atoms with Gasteiger partial charge in [0.25, 0.3) is 0 Å². The quantitative estimate of drug-likeness (QED) is 0.581. The highest BCUT2D eigenvalue weighted by Gasteiger charge is 2.24. The van der Waals surface area contributed by atoms with Crippen molar-refractivity contribution in [2.45, 2.75) is 12.8 Å². The molecule has 11 heavy (non-hydrogen) atoms. The van der Waals surface area contributed by atoms with Gasteiger partial charge in [0.15, 0.2) is 5.78 Å². The molecule has 0 aromatic carbocycles. The maximum absolute atomic E-state index is 11.2. The minimum Gasteiger partial charge on any atom is -0.341 e. The number of hydrogen-bond acceptors (Lipinski definition) is 1. The Labute approximate surface area is 69.8 Å². The Morgan fingerprint density at radius 1 is 1.55 bits per heavy atom. The Balaban J connectivity index is 2.66. The van der Waals surface area contributed by atoms with Crippen LogP contribution in [0.25, 0.3) is 0 Å². The molecule has 2 rings (SSSR count). The summed E-state index contributed by atoms with van der Waals surface area (Å²) in [6.07, 6.45) is 3.26. The van der Waals surface area contributed by atoms with Crippen LogP contribution < -0.4 is 0 Å². The molecule has 1 heterocycles. The number of fused-ring (bicyclic) bond motifs is 1. The molecule has 1 aromatic rings. The smallest absolute Gasteiger partial charge is 0.165 e. The van der Waals surface area contributed by atoms with Gasteiger partial charge in [-0.15, -0.1) is 0 Å². The molecule has 0 spiro atoms. The van der Waals surface area contributed by atoms with Crippen LogP contribution in [0.15, 0.2) is 6.20 Å². The highest BCUT2D eigenvalue weighted by Crippen LogP contribution is 2.29. The number of nitrogens with zero attached hydrogens (tertiary/aromatic N) is 1. The van der Waals surface area contributed by atoms with Gasteiger partial charge >= 0.3 is 0 Å². The van der Waals surface area contributed by atoms with Crippen LogP contribution in [0.1, 0.15) is 22.3 Å². The Bertz CT molecular complexity index is 327. The monoisotopic (exact) mass is 169 g/mol. The standard InChI is InChI=1S/C8H8ClNO/c1-10-4-6-5(8(10)9)2-3-7(6)11/h4H,2-3H2,1H3. The molecule has 0 unspecified atom stereocenters. The van der Waals surface area contributed by atoms with Crippen LogP contribution in [-0.4, -0.2) is 10.4 Å².